The summed E-state index contributed by atoms with van der Waals surface area (Å²) in [6.45, 7) is 0. The lowest BCUT2D eigenvalue weighted by Crippen LogP contribution is -1.85. The summed E-state index contributed by atoms with van der Waals surface area (Å²) in [5.74, 6) is 1.21. The molecule has 0 amide bonds. The Bertz CT molecular complexity index is 694. The molecule has 0 spiro atoms. The van der Waals surface area contributed by atoms with Gasteiger partial charge in [0.1, 0.15) is 17.2 Å². The lowest BCUT2D eigenvalue weighted by molar-refractivity contribution is 0.405. The van der Waals surface area contributed by atoms with Crippen LogP contribution in [-0.2, 0) is 0 Å². The van der Waals surface area contributed by atoms with E-state index in [4.69, 9.17) is 9.26 Å². The number of ether oxygens (including phenoxy) is 1. The Hall–Kier alpha value is -2.41. The zero-order chi connectivity index (χ0) is 13.2. The van der Waals surface area contributed by atoms with Crippen molar-refractivity contribution in [2.45, 2.75) is 0 Å². The fourth-order valence-corrected chi connectivity index (χ4v) is 2.11. The van der Waals surface area contributed by atoms with E-state index in [1.165, 1.54) is 24.5 Å². The number of phenolic OH excluding ortho intramolecular Hbond substituents is 1. The highest BCUT2D eigenvalue weighted by Gasteiger charge is 2.15. The Labute approximate surface area is 112 Å². The van der Waals surface area contributed by atoms with E-state index in [0.717, 1.165) is 0 Å². The first-order valence-electron chi connectivity index (χ1n) is 5.37. The average molecular weight is 275 g/mol. The van der Waals surface area contributed by atoms with Crippen molar-refractivity contribution in [2.75, 3.05) is 7.11 Å². The van der Waals surface area contributed by atoms with Crippen LogP contribution in [0.4, 0.5) is 0 Å². The first-order chi connectivity index (χ1) is 9.28. The SMILES string of the molecule is COc1ccc(-c2nc(-c3cscn3)no2)c(O)c1. The molecule has 7 heteroatoms. The predicted octanol–water partition coefficient (Wildman–Crippen LogP) is 2.57. The predicted molar refractivity (Wildman–Crippen MR) is 69.1 cm³/mol. The van der Waals surface area contributed by atoms with Gasteiger partial charge in [-0.3, -0.25) is 0 Å². The summed E-state index contributed by atoms with van der Waals surface area (Å²) in [6.07, 6.45) is 0. The Balaban J connectivity index is 1.99. The van der Waals surface area contributed by atoms with Crippen LogP contribution in [0.25, 0.3) is 23.0 Å². The number of rotatable bonds is 3. The smallest absolute Gasteiger partial charge is 0.262 e. The Morgan fingerprint density at radius 2 is 2.26 bits per heavy atom. The van der Waals surface area contributed by atoms with Gasteiger partial charge in [0, 0.05) is 11.4 Å². The number of nitrogens with zero attached hydrogens (tertiary/aromatic N) is 3. The second-order valence-electron chi connectivity index (χ2n) is 3.68. The van der Waals surface area contributed by atoms with Crippen LogP contribution < -0.4 is 4.74 Å². The van der Waals surface area contributed by atoms with Crippen molar-refractivity contribution in [1.29, 1.82) is 0 Å². The molecule has 0 saturated carbocycles. The molecule has 6 nitrogen and oxygen atoms in total. The minimum atomic E-state index is 0.0211. The molecule has 0 aliphatic carbocycles. The molecule has 0 fully saturated rings. The van der Waals surface area contributed by atoms with E-state index in [2.05, 4.69) is 15.1 Å². The Kier molecular flexibility index (Phi) is 2.88. The van der Waals surface area contributed by atoms with Crippen LogP contribution in [0.15, 0.2) is 33.6 Å². The third-order valence-corrected chi connectivity index (χ3v) is 3.11. The van der Waals surface area contributed by atoms with Gasteiger partial charge in [0.25, 0.3) is 5.89 Å². The second kappa shape index (κ2) is 4.69. The van der Waals surface area contributed by atoms with E-state index >= 15 is 0 Å². The maximum absolute atomic E-state index is 9.89. The van der Waals surface area contributed by atoms with Gasteiger partial charge >= 0.3 is 0 Å². The fraction of sp³-hybridized carbons (Fsp3) is 0.0833. The van der Waals surface area contributed by atoms with Crippen LogP contribution in [0.3, 0.4) is 0 Å². The average Bonchev–Trinajstić information content (AvgIpc) is 3.09. The quantitative estimate of drug-likeness (QED) is 0.791. The summed E-state index contributed by atoms with van der Waals surface area (Å²) < 4.78 is 10.1. The van der Waals surface area contributed by atoms with Crippen LogP contribution >= 0.6 is 11.3 Å². The van der Waals surface area contributed by atoms with Crippen molar-refractivity contribution in [3.05, 3.63) is 29.1 Å². The maximum atomic E-state index is 9.89. The van der Waals surface area contributed by atoms with Gasteiger partial charge in [0.05, 0.1) is 18.2 Å². The van der Waals surface area contributed by atoms with Crippen molar-refractivity contribution >= 4 is 11.3 Å². The zero-order valence-electron chi connectivity index (χ0n) is 9.90. The van der Waals surface area contributed by atoms with Crippen LogP contribution in [0.2, 0.25) is 0 Å². The Morgan fingerprint density at radius 3 is 2.95 bits per heavy atom. The molecule has 96 valence electrons. The van der Waals surface area contributed by atoms with Gasteiger partial charge < -0.3 is 14.4 Å². The largest absolute Gasteiger partial charge is 0.507 e. The van der Waals surface area contributed by atoms with E-state index in [-0.39, 0.29) is 11.6 Å². The van der Waals surface area contributed by atoms with E-state index in [1.807, 2.05) is 5.38 Å². The van der Waals surface area contributed by atoms with Gasteiger partial charge in [-0.05, 0) is 12.1 Å². The number of hydrogen-bond donors (Lipinski definition) is 1. The van der Waals surface area contributed by atoms with Crippen molar-refractivity contribution in [2.24, 2.45) is 0 Å². The molecule has 2 heterocycles. The van der Waals surface area contributed by atoms with Crippen LogP contribution in [0, 0.1) is 0 Å². The van der Waals surface area contributed by atoms with Gasteiger partial charge in [0.2, 0.25) is 5.82 Å². The minimum absolute atomic E-state index is 0.0211. The molecule has 0 atom stereocenters. The maximum Gasteiger partial charge on any atom is 0.262 e. The minimum Gasteiger partial charge on any atom is -0.507 e. The highest BCUT2D eigenvalue weighted by molar-refractivity contribution is 7.07. The summed E-state index contributed by atoms with van der Waals surface area (Å²) in [4.78, 5) is 8.30. The standard InChI is InChI=1S/C12H9N3O3S/c1-17-7-2-3-8(10(16)4-7)12-14-11(15-18-12)9-5-19-6-13-9/h2-6,16H,1H3. The van der Waals surface area contributed by atoms with Crippen molar-refractivity contribution in [3.8, 4) is 34.5 Å². The molecule has 3 aromatic rings. The number of aromatic nitrogens is 3. The highest BCUT2D eigenvalue weighted by atomic mass is 32.1. The zero-order valence-corrected chi connectivity index (χ0v) is 10.7. The molecule has 0 aliphatic heterocycles. The molecule has 0 radical (unpaired) electrons. The number of thiazole rings is 1. The number of methoxy groups -OCH3 is 1. The van der Waals surface area contributed by atoms with Gasteiger partial charge in [-0.25, -0.2) is 4.98 Å². The molecule has 0 unspecified atom stereocenters. The molecular weight excluding hydrogens is 266 g/mol. The normalized spacial score (nSPS) is 10.6. The van der Waals surface area contributed by atoms with Crippen molar-refractivity contribution < 1.29 is 14.4 Å². The lowest BCUT2D eigenvalue weighted by atomic mass is 10.2. The van der Waals surface area contributed by atoms with Gasteiger partial charge in [0.15, 0.2) is 0 Å². The van der Waals surface area contributed by atoms with Crippen LogP contribution in [0.1, 0.15) is 0 Å². The van der Waals surface area contributed by atoms with Gasteiger partial charge in [-0.2, -0.15) is 4.98 Å². The number of benzene rings is 1. The molecule has 19 heavy (non-hydrogen) atoms. The summed E-state index contributed by atoms with van der Waals surface area (Å²) >= 11 is 1.45. The third kappa shape index (κ3) is 2.15. The Morgan fingerprint density at radius 1 is 1.37 bits per heavy atom. The highest BCUT2D eigenvalue weighted by Crippen LogP contribution is 2.32. The molecule has 3 rings (SSSR count). The molecule has 1 aromatic carbocycles. The van der Waals surface area contributed by atoms with E-state index in [9.17, 15) is 5.11 Å². The molecule has 0 aliphatic rings. The van der Waals surface area contributed by atoms with Crippen molar-refractivity contribution in [1.82, 2.24) is 15.1 Å². The number of hydrogen-bond acceptors (Lipinski definition) is 7. The molecule has 0 saturated heterocycles. The molecule has 2 aromatic heterocycles. The molecule has 0 bridgehead atoms. The topological polar surface area (TPSA) is 81.3 Å². The van der Waals surface area contributed by atoms with Gasteiger partial charge in [-0.1, -0.05) is 5.16 Å². The summed E-state index contributed by atoms with van der Waals surface area (Å²) in [7, 11) is 1.53. The third-order valence-electron chi connectivity index (χ3n) is 2.52. The van der Waals surface area contributed by atoms with Crippen molar-refractivity contribution in [3.63, 3.8) is 0 Å². The van der Waals surface area contributed by atoms with Crippen LogP contribution in [0.5, 0.6) is 11.5 Å². The first-order valence-corrected chi connectivity index (χ1v) is 6.32. The first kappa shape index (κ1) is 11.7. The summed E-state index contributed by atoms with van der Waals surface area (Å²) in [5, 5.41) is 15.6. The molecule has 1 N–H and O–H groups in total. The summed E-state index contributed by atoms with van der Waals surface area (Å²) in [5.41, 5.74) is 2.79. The lowest BCUT2D eigenvalue weighted by Gasteiger charge is -2.02. The van der Waals surface area contributed by atoms with E-state index in [0.29, 0.717) is 22.8 Å². The van der Waals surface area contributed by atoms with Crippen LogP contribution in [-0.4, -0.2) is 27.3 Å². The second-order valence-corrected chi connectivity index (χ2v) is 4.40. The number of aromatic hydroxyl groups is 1. The van der Waals surface area contributed by atoms with E-state index in [1.54, 1.807) is 17.6 Å². The van der Waals surface area contributed by atoms with E-state index < -0.39 is 0 Å². The van der Waals surface area contributed by atoms with Gasteiger partial charge in [-0.15, -0.1) is 11.3 Å². The fourth-order valence-electron chi connectivity index (χ4n) is 1.58. The molecular formula is C12H9N3O3S. The monoisotopic (exact) mass is 275 g/mol. The number of phenols is 1. The summed E-state index contributed by atoms with van der Waals surface area (Å²) in [6, 6.07) is 4.86.